The van der Waals surface area contributed by atoms with Gasteiger partial charge in [0.15, 0.2) is 10.7 Å². The molecule has 3 aromatic rings. The summed E-state index contributed by atoms with van der Waals surface area (Å²) in [7, 11) is 0. The monoisotopic (exact) mass is 423 g/mol. The van der Waals surface area contributed by atoms with E-state index in [-0.39, 0.29) is 11.8 Å². The van der Waals surface area contributed by atoms with Crippen LogP contribution in [0.1, 0.15) is 20.3 Å². The van der Waals surface area contributed by atoms with Crippen molar-refractivity contribution in [2.24, 2.45) is 0 Å². The lowest BCUT2D eigenvalue weighted by atomic mass is 10.1. The Balaban J connectivity index is 1.12. The van der Waals surface area contributed by atoms with Gasteiger partial charge in [0.2, 0.25) is 0 Å². The average molecular weight is 424 g/mol. The molecule has 0 radical (unpaired) electrons. The Morgan fingerprint density at radius 1 is 0.967 bits per heavy atom. The standard InChI is InChI=1S/C20H21N7O2S/c28-19(17-12-22-27(23-17)15-4-2-1-3-5-15)26-13-16(14-26)24-7-9-25(10-8-24)20(29)18-21-6-11-30-18/h1-6,11-12,16H,7-10,13-14H2. The molecule has 30 heavy (non-hydrogen) atoms. The minimum Gasteiger partial charge on any atom is -0.334 e. The van der Waals surface area contributed by atoms with E-state index >= 15 is 0 Å². The Bertz CT molecular complexity index is 1020. The summed E-state index contributed by atoms with van der Waals surface area (Å²) >= 11 is 1.38. The molecule has 2 fully saturated rings. The summed E-state index contributed by atoms with van der Waals surface area (Å²) in [4.78, 5) is 36.7. The molecule has 2 saturated heterocycles. The van der Waals surface area contributed by atoms with Gasteiger partial charge in [0.05, 0.1) is 11.9 Å². The van der Waals surface area contributed by atoms with Crippen LogP contribution in [-0.4, -0.2) is 91.8 Å². The van der Waals surface area contributed by atoms with Crippen LogP contribution in [0.2, 0.25) is 0 Å². The van der Waals surface area contributed by atoms with Gasteiger partial charge < -0.3 is 9.80 Å². The molecule has 2 aliphatic rings. The molecule has 0 atom stereocenters. The first kappa shape index (κ1) is 18.9. The maximum Gasteiger partial charge on any atom is 0.282 e. The number of benzene rings is 1. The van der Waals surface area contributed by atoms with Crippen molar-refractivity contribution in [3.63, 3.8) is 0 Å². The molecule has 5 rings (SSSR count). The second-order valence-electron chi connectivity index (χ2n) is 7.38. The van der Waals surface area contributed by atoms with Gasteiger partial charge in [-0.2, -0.15) is 9.90 Å². The Hall–Kier alpha value is -3.11. The van der Waals surface area contributed by atoms with Crippen LogP contribution in [0.15, 0.2) is 48.1 Å². The molecule has 154 valence electrons. The van der Waals surface area contributed by atoms with Crippen LogP contribution in [0.25, 0.3) is 5.69 Å². The Kier molecular flexibility index (Phi) is 5.01. The van der Waals surface area contributed by atoms with E-state index in [4.69, 9.17) is 0 Å². The van der Waals surface area contributed by atoms with Crippen LogP contribution in [0.4, 0.5) is 0 Å². The van der Waals surface area contributed by atoms with Crippen molar-refractivity contribution >= 4 is 23.2 Å². The van der Waals surface area contributed by atoms with Crippen LogP contribution in [0.5, 0.6) is 0 Å². The summed E-state index contributed by atoms with van der Waals surface area (Å²) in [5.41, 5.74) is 1.18. The normalized spacial score (nSPS) is 17.7. The highest BCUT2D eigenvalue weighted by Crippen LogP contribution is 2.20. The summed E-state index contributed by atoms with van der Waals surface area (Å²) in [6.45, 7) is 4.36. The largest absolute Gasteiger partial charge is 0.334 e. The number of likely N-dealkylation sites (tertiary alicyclic amines) is 1. The summed E-state index contributed by atoms with van der Waals surface area (Å²) in [5.74, 6) is -0.0809. The van der Waals surface area contributed by atoms with E-state index in [0.717, 1.165) is 18.8 Å². The number of rotatable bonds is 4. The third kappa shape index (κ3) is 3.59. The van der Waals surface area contributed by atoms with Crippen molar-refractivity contribution in [1.29, 1.82) is 0 Å². The fourth-order valence-electron chi connectivity index (χ4n) is 3.82. The number of hydrogen-bond acceptors (Lipinski definition) is 7. The van der Waals surface area contributed by atoms with Gasteiger partial charge in [0, 0.05) is 56.9 Å². The van der Waals surface area contributed by atoms with Gasteiger partial charge >= 0.3 is 0 Å². The minimum atomic E-state index is -0.0917. The van der Waals surface area contributed by atoms with Crippen molar-refractivity contribution < 1.29 is 9.59 Å². The molecule has 0 saturated carbocycles. The fraction of sp³-hybridized carbons (Fsp3) is 0.350. The van der Waals surface area contributed by atoms with E-state index in [1.807, 2.05) is 40.6 Å². The van der Waals surface area contributed by atoms with Gasteiger partial charge in [0.25, 0.3) is 11.8 Å². The average Bonchev–Trinajstić information content (AvgIpc) is 3.46. The molecule has 0 unspecified atom stereocenters. The summed E-state index contributed by atoms with van der Waals surface area (Å²) in [6, 6.07) is 9.86. The first-order valence-electron chi connectivity index (χ1n) is 9.89. The Morgan fingerprint density at radius 3 is 2.43 bits per heavy atom. The summed E-state index contributed by atoms with van der Waals surface area (Å²) in [5, 5.41) is 10.9. The van der Waals surface area contributed by atoms with Crippen molar-refractivity contribution in [3.8, 4) is 5.69 Å². The highest BCUT2D eigenvalue weighted by Gasteiger charge is 2.37. The van der Waals surface area contributed by atoms with E-state index in [9.17, 15) is 9.59 Å². The Morgan fingerprint density at radius 2 is 1.73 bits per heavy atom. The van der Waals surface area contributed by atoms with E-state index in [1.165, 1.54) is 22.3 Å². The van der Waals surface area contributed by atoms with Crippen molar-refractivity contribution in [2.45, 2.75) is 6.04 Å². The lowest BCUT2D eigenvalue weighted by Gasteiger charge is -2.47. The van der Waals surface area contributed by atoms with Crippen LogP contribution >= 0.6 is 11.3 Å². The zero-order valence-electron chi connectivity index (χ0n) is 16.3. The maximum absolute atomic E-state index is 12.7. The molecule has 0 bridgehead atoms. The predicted octanol–water partition coefficient (Wildman–Crippen LogP) is 1.01. The first-order chi connectivity index (χ1) is 14.7. The van der Waals surface area contributed by atoms with E-state index < -0.39 is 0 Å². The molecule has 0 spiro atoms. The maximum atomic E-state index is 12.7. The number of piperazine rings is 1. The first-order valence-corrected chi connectivity index (χ1v) is 10.8. The van der Waals surface area contributed by atoms with E-state index in [2.05, 4.69) is 20.1 Å². The predicted molar refractivity (Wildman–Crippen MR) is 111 cm³/mol. The van der Waals surface area contributed by atoms with Gasteiger partial charge in [-0.25, -0.2) is 4.98 Å². The summed E-state index contributed by atoms with van der Waals surface area (Å²) < 4.78 is 0. The number of hydrogen-bond donors (Lipinski definition) is 0. The molecule has 1 aromatic carbocycles. The van der Waals surface area contributed by atoms with Crippen molar-refractivity contribution in [2.75, 3.05) is 39.3 Å². The quantitative estimate of drug-likeness (QED) is 0.622. The number of para-hydroxylation sites is 1. The number of aromatic nitrogens is 4. The summed E-state index contributed by atoms with van der Waals surface area (Å²) in [6.07, 6.45) is 3.18. The Labute approximate surface area is 177 Å². The fourth-order valence-corrected chi connectivity index (χ4v) is 4.42. The highest BCUT2D eigenvalue weighted by atomic mass is 32.1. The van der Waals surface area contributed by atoms with Crippen LogP contribution in [-0.2, 0) is 0 Å². The zero-order valence-corrected chi connectivity index (χ0v) is 17.1. The van der Waals surface area contributed by atoms with Gasteiger partial charge in [-0.1, -0.05) is 18.2 Å². The topological polar surface area (TPSA) is 87.5 Å². The molecule has 2 amide bonds. The number of carbonyl (C=O) groups excluding carboxylic acids is 2. The molecule has 4 heterocycles. The lowest BCUT2D eigenvalue weighted by molar-refractivity contribution is 0.00820. The molecule has 2 aromatic heterocycles. The lowest BCUT2D eigenvalue weighted by Crippen LogP contribution is -2.64. The minimum absolute atomic E-state index is 0.0107. The number of nitrogens with zero attached hydrogens (tertiary/aromatic N) is 7. The van der Waals surface area contributed by atoms with Crippen LogP contribution in [0.3, 0.4) is 0 Å². The molecule has 9 nitrogen and oxygen atoms in total. The molecular formula is C20H21N7O2S. The molecular weight excluding hydrogens is 402 g/mol. The smallest absolute Gasteiger partial charge is 0.282 e. The van der Waals surface area contributed by atoms with Gasteiger partial charge in [-0.05, 0) is 12.1 Å². The third-order valence-corrected chi connectivity index (χ3v) is 6.34. The van der Waals surface area contributed by atoms with Gasteiger partial charge in [-0.15, -0.1) is 16.4 Å². The molecule has 10 heteroatoms. The van der Waals surface area contributed by atoms with Crippen LogP contribution in [0, 0.1) is 0 Å². The van der Waals surface area contributed by atoms with Crippen molar-refractivity contribution in [3.05, 3.63) is 58.8 Å². The molecule has 0 N–H and O–H groups in total. The number of thiazole rings is 1. The van der Waals surface area contributed by atoms with Gasteiger partial charge in [-0.3, -0.25) is 14.5 Å². The number of carbonyl (C=O) groups is 2. The second-order valence-corrected chi connectivity index (χ2v) is 8.28. The highest BCUT2D eigenvalue weighted by molar-refractivity contribution is 7.11. The third-order valence-electron chi connectivity index (χ3n) is 5.58. The second kappa shape index (κ2) is 7.96. The number of amides is 2. The molecule has 0 aliphatic carbocycles. The van der Waals surface area contributed by atoms with E-state index in [1.54, 1.807) is 11.1 Å². The zero-order chi connectivity index (χ0) is 20.5. The van der Waals surface area contributed by atoms with Crippen LogP contribution < -0.4 is 0 Å². The SMILES string of the molecule is O=C(c1cnn(-c2ccccc2)n1)N1CC(N2CCN(C(=O)c3nccs3)CC2)C1. The van der Waals surface area contributed by atoms with Gasteiger partial charge in [0.1, 0.15) is 0 Å². The van der Waals surface area contributed by atoms with Crippen molar-refractivity contribution in [1.82, 2.24) is 34.7 Å². The van der Waals surface area contributed by atoms with E-state index in [0.29, 0.717) is 42.9 Å². The molecule has 2 aliphatic heterocycles.